The molecule has 1 unspecified atom stereocenters. The molecule has 5 heteroatoms. The van der Waals surface area contributed by atoms with E-state index >= 15 is 0 Å². The monoisotopic (exact) mass is 352 g/mol. The molecule has 0 radical (unpaired) electrons. The highest BCUT2D eigenvalue weighted by Crippen LogP contribution is 2.36. The highest BCUT2D eigenvalue weighted by atomic mass is 16.7. The van der Waals surface area contributed by atoms with E-state index in [4.69, 9.17) is 9.47 Å². The maximum Gasteiger partial charge on any atom is 0.305 e. The minimum Gasteiger partial charge on any atom is -0.469 e. The molecule has 0 bridgehead atoms. The topological polar surface area (TPSA) is 61.8 Å². The third kappa shape index (κ3) is 6.90. The van der Waals surface area contributed by atoms with Gasteiger partial charge >= 0.3 is 5.97 Å². The first-order valence-electron chi connectivity index (χ1n) is 9.68. The molecule has 1 saturated heterocycles. The molecule has 0 aromatic heterocycles. The van der Waals surface area contributed by atoms with Crippen molar-refractivity contribution in [3.05, 3.63) is 12.2 Å². The largest absolute Gasteiger partial charge is 0.469 e. The molecule has 1 saturated carbocycles. The molecular formula is C20H32O5. The lowest BCUT2D eigenvalue weighted by atomic mass is 9.93. The molecule has 0 aromatic carbocycles. The van der Waals surface area contributed by atoms with Crippen LogP contribution in [0, 0.1) is 11.8 Å². The van der Waals surface area contributed by atoms with Crippen molar-refractivity contribution in [3.63, 3.8) is 0 Å². The van der Waals surface area contributed by atoms with Crippen molar-refractivity contribution in [2.24, 2.45) is 11.8 Å². The van der Waals surface area contributed by atoms with Crippen molar-refractivity contribution in [1.29, 1.82) is 0 Å². The molecule has 142 valence electrons. The third-order valence-electron chi connectivity index (χ3n) is 5.25. The lowest BCUT2D eigenvalue weighted by Crippen LogP contribution is -2.31. The summed E-state index contributed by atoms with van der Waals surface area (Å²) in [4.78, 5) is 22.6. The van der Waals surface area contributed by atoms with Gasteiger partial charge in [-0.3, -0.25) is 4.79 Å². The van der Waals surface area contributed by atoms with E-state index in [1.54, 1.807) is 0 Å². The van der Waals surface area contributed by atoms with Crippen molar-refractivity contribution in [1.82, 2.24) is 0 Å². The van der Waals surface area contributed by atoms with Crippen molar-refractivity contribution < 1.29 is 23.8 Å². The summed E-state index contributed by atoms with van der Waals surface area (Å²) in [6, 6.07) is 0. The van der Waals surface area contributed by atoms with Gasteiger partial charge in [0.2, 0.25) is 0 Å². The van der Waals surface area contributed by atoms with E-state index in [9.17, 15) is 9.59 Å². The maximum absolute atomic E-state index is 11.5. The van der Waals surface area contributed by atoms with E-state index in [2.05, 4.69) is 16.9 Å². The highest BCUT2D eigenvalue weighted by molar-refractivity contribution is 5.68. The smallest absolute Gasteiger partial charge is 0.305 e. The highest BCUT2D eigenvalue weighted by Gasteiger charge is 2.37. The van der Waals surface area contributed by atoms with Gasteiger partial charge in [0.25, 0.3) is 0 Å². The molecule has 0 amide bonds. The molecule has 2 rings (SSSR count). The quantitative estimate of drug-likeness (QED) is 0.259. The van der Waals surface area contributed by atoms with E-state index in [0.29, 0.717) is 12.3 Å². The summed E-state index contributed by atoms with van der Waals surface area (Å²) in [5.41, 5.74) is 0. The summed E-state index contributed by atoms with van der Waals surface area (Å²) in [6.07, 6.45) is 14.7. The molecule has 0 aromatic rings. The number of methoxy groups -OCH3 is 1. The standard InChI is InChI=1S/C20H32O5/c1-23-19(22)10-6-4-2-3-5-9-16-12-13-18(17(16)15-21)25-20-11-7-8-14-24-20/h3,5,15-18,20H,2,4,6-14H2,1H3/b5-3-/t16-,17+,18+,20?/m0/s1. The van der Waals surface area contributed by atoms with Gasteiger partial charge in [-0.15, -0.1) is 0 Å². The zero-order chi connectivity index (χ0) is 17.9. The first kappa shape index (κ1) is 20.1. The zero-order valence-electron chi connectivity index (χ0n) is 15.4. The summed E-state index contributed by atoms with van der Waals surface area (Å²) >= 11 is 0. The van der Waals surface area contributed by atoms with Crippen LogP contribution in [0.15, 0.2) is 12.2 Å². The minimum atomic E-state index is -0.142. The van der Waals surface area contributed by atoms with Crippen LogP contribution in [0.4, 0.5) is 0 Å². The van der Waals surface area contributed by atoms with Gasteiger partial charge in [0, 0.05) is 18.9 Å². The molecule has 1 aliphatic heterocycles. The Morgan fingerprint density at radius 1 is 1.16 bits per heavy atom. The molecule has 25 heavy (non-hydrogen) atoms. The van der Waals surface area contributed by atoms with Crippen molar-refractivity contribution in [2.75, 3.05) is 13.7 Å². The molecule has 0 spiro atoms. The zero-order valence-corrected chi connectivity index (χ0v) is 15.4. The second kappa shape index (κ2) is 11.4. The van der Waals surface area contributed by atoms with Crippen molar-refractivity contribution in [3.8, 4) is 0 Å². The Morgan fingerprint density at radius 3 is 2.76 bits per heavy atom. The minimum absolute atomic E-state index is 0.0130. The molecule has 1 aliphatic carbocycles. The third-order valence-corrected chi connectivity index (χ3v) is 5.25. The molecule has 2 aliphatic rings. The number of carbonyl (C=O) groups excluding carboxylic acids is 2. The normalized spacial score (nSPS) is 29.8. The Bertz CT molecular complexity index is 428. The average molecular weight is 352 g/mol. The van der Waals surface area contributed by atoms with Crippen molar-refractivity contribution in [2.45, 2.75) is 76.6 Å². The van der Waals surface area contributed by atoms with Gasteiger partial charge in [-0.1, -0.05) is 12.2 Å². The molecule has 5 nitrogen and oxygen atoms in total. The second-order valence-corrected chi connectivity index (χ2v) is 7.05. The van der Waals surface area contributed by atoms with Gasteiger partial charge < -0.3 is 19.0 Å². The molecular weight excluding hydrogens is 320 g/mol. The predicted molar refractivity (Wildman–Crippen MR) is 95.0 cm³/mol. The van der Waals surface area contributed by atoms with E-state index in [1.807, 2.05) is 0 Å². The number of hydrogen-bond acceptors (Lipinski definition) is 5. The summed E-state index contributed by atoms with van der Waals surface area (Å²) in [5, 5.41) is 0. The van der Waals surface area contributed by atoms with Gasteiger partial charge in [0.05, 0.1) is 13.2 Å². The maximum atomic E-state index is 11.5. The molecule has 1 heterocycles. The van der Waals surface area contributed by atoms with Gasteiger partial charge in [-0.25, -0.2) is 0 Å². The van der Waals surface area contributed by atoms with Gasteiger partial charge in [0.15, 0.2) is 6.29 Å². The first-order chi connectivity index (χ1) is 12.2. The fraction of sp³-hybridized carbons (Fsp3) is 0.800. The van der Waals surface area contributed by atoms with E-state index in [1.165, 1.54) is 7.11 Å². The van der Waals surface area contributed by atoms with E-state index < -0.39 is 0 Å². The predicted octanol–water partition coefficient (Wildman–Crippen LogP) is 3.80. The Balaban J connectivity index is 1.65. The Hall–Kier alpha value is -1.20. The Kier molecular flexibility index (Phi) is 9.19. The summed E-state index contributed by atoms with van der Waals surface area (Å²) in [7, 11) is 1.42. The second-order valence-electron chi connectivity index (χ2n) is 7.05. The number of hydrogen-bond donors (Lipinski definition) is 0. The van der Waals surface area contributed by atoms with Crippen LogP contribution in [0.1, 0.15) is 64.2 Å². The van der Waals surface area contributed by atoms with Crippen LogP contribution in [0.2, 0.25) is 0 Å². The molecule has 2 fully saturated rings. The number of ether oxygens (including phenoxy) is 3. The fourth-order valence-corrected chi connectivity index (χ4v) is 3.74. The number of rotatable bonds is 10. The summed E-state index contributed by atoms with van der Waals surface area (Å²) in [5.74, 6) is 0.212. The fourth-order valence-electron chi connectivity index (χ4n) is 3.74. The number of esters is 1. The van der Waals surface area contributed by atoms with E-state index in [-0.39, 0.29) is 24.3 Å². The Labute approximate surface area is 151 Å². The van der Waals surface area contributed by atoms with Crippen LogP contribution < -0.4 is 0 Å². The van der Waals surface area contributed by atoms with Gasteiger partial charge in [-0.2, -0.15) is 0 Å². The van der Waals surface area contributed by atoms with Crippen LogP contribution in [0.5, 0.6) is 0 Å². The first-order valence-corrected chi connectivity index (χ1v) is 9.68. The lowest BCUT2D eigenvalue weighted by molar-refractivity contribution is -0.194. The summed E-state index contributed by atoms with van der Waals surface area (Å²) < 4.78 is 16.3. The van der Waals surface area contributed by atoms with Crippen LogP contribution in [-0.2, 0) is 23.8 Å². The summed E-state index contributed by atoms with van der Waals surface area (Å²) in [6.45, 7) is 0.769. The SMILES string of the molecule is COC(=O)CCCC/C=C\C[C@H]1CC[C@@H](OC2CCCCO2)[C@@H]1C=O. The van der Waals surface area contributed by atoms with Crippen LogP contribution in [0.3, 0.4) is 0 Å². The number of unbranched alkanes of at least 4 members (excludes halogenated alkanes) is 2. The number of carbonyl (C=O) groups is 2. The van der Waals surface area contributed by atoms with Crippen LogP contribution in [0.25, 0.3) is 0 Å². The lowest BCUT2D eigenvalue weighted by Gasteiger charge is -2.28. The van der Waals surface area contributed by atoms with Crippen LogP contribution >= 0.6 is 0 Å². The molecule has 4 atom stereocenters. The molecule has 0 N–H and O–H groups in total. The number of allylic oxidation sites excluding steroid dienone is 2. The van der Waals surface area contributed by atoms with Crippen molar-refractivity contribution >= 4 is 12.3 Å². The van der Waals surface area contributed by atoms with E-state index in [0.717, 1.165) is 70.7 Å². The van der Waals surface area contributed by atoms with Gasteiger partial charge in [0.1, 0.15) is 6.29 Å². The average Bonchev–Trinajstić information content (AvgIpc) is 3.03. The number of aldehydes is 1. The van der Waals surface area contributed by atoms with Gasteiger partial charge in [-0.05, 0) is 63.7 Å². The van der Waals surface area contributed by atoms with Crippen LogP contribution in [-0.4, -0.2) is 38.4 Å². The Morgan fingerprint density at radius 2 is 2.04 bits per heavy atom.